The minimum Gasteiger partial charge on any atom is -0.341 e. The third-order valence-electron chi connectivity index (χ3n) is 6.43. The summed E-state index contributed by atoms with van der Waals surface area (Å²) in [5.41, 5.74) is 6.59. The van der Waals surface area contributed by atoms with Crippen molar-refractivity contribution in [1.29, 1.82) is 0 Å². The van der Waals surface area contributed by atoms with Gasteiger partial charge in [-0.1, -0.05) is 54.6 Å². The van der Waals surface area contributed by atoms with Crippen LogP contribution >= 0.6 is 0 Å². The largest absolute Gasteiger partial charge is 0.341 e. The fraction of sp³-hybridized carbons (Fsp3) is 0.0769. The van der Waals surface area contributed by atoms with Gasteiger partial charge in [-0.05, 0) is 31.2 Å². The maximum atomic E-state index is 2.47. The highest BCUT2D eigenvalue weighted by Crippen LogP contribution is 2.41. The first-order chi connectivity index (χ1) is 13.9. The minimum atomic E-state index is 0.974. The molecule has 0 bridgehead atoms. The van der Waals surface area contributed by atoms with Crippen molar-refractivity contribution in [1.82, 2.24) is 8.97 Å². The van der Waals surface area contributed by atoms with E-state index in [1.807, 2.05) is 0 Å². The maximum Gasteiger partial charge on any atom is 0.0620 e. The van der Waals surface area contributed by atoms with E-state index in [9.17, 15) is 0 Å². The summed E-state index contributed by atoms with van der Waals surface area (Å²) in [5.74, 6) is 0. The average molecular weight is 358 g/mol. The second-order valence-corrected chi connectivity index (χ2v) is 7.70. The van der Waals surface area contributed by atoms with Gasteiger partial charge in [-0.3, -0.25) is 0 Å². The molecule has 3 aromatic heterocycles. The Hall–Kier alpha value is -3.52. The van der Waals surface area contributed by atoms with Gasteiger partial charge in [-0.2, -0.15) is 0 Å². The number of rotatable bonds is 1. The van der Waals surface area contributed by atoms with Gasteiger partial charge >= 0.3 is 0 Å². The van der Waals surface area contributed by atoms with Gasteiger partial charge in [0, 0.05) is 49.9 Å². The summed E-state index contributed by atoms with van der Waals surface area (Å²) >= 11 is 0. The lowest BCUT2D eigenvalue weighted by Crippen LogP contribution is -1.92. The van der Waals surface area contributed by atoms with Crippen LogP contribution in [-0.4, -0.2) is 8.97 Å². The van der Waals surface area contributed by atoms with Crippen molar-refractivity contribution in [3.8, 4) is 0 Å². The molecule has 0 atom stereocenters. The molecule has 0 radical (unpaired) electrons. The molecule has 0 saturated carbocycles. The van der Waals surface area contributed by atoms with Gasteiger partial charge in [0.15, 0.2) is 0 Å². The van der Waals surface area contributed by atoms with Crippen molar-refractivity contribution in [2.75, 3.05) is 0 Å². The number of para-hydroxylation sites is 3. The molecule has 7 rings (SSSR count). The Balaban J connectivity index is 1.83. The topological polar surface area (TPSA) is 9.34 Å². The highest BCUT2D eigenvalue weighted by Gasteiger charge is 2.19. The predicted octanol–water partition coefficient (Wildman–Crippen LogP) is 6.96. The van der Waals surface area contributed by atoms with Crippen molar-refractivity contribution in [3.05, 3.63) is 78.9 Å². The van der Waals surface area contributed by atoms with Crippen LogP contribution in [0.15, 0.2) is 78.9 Å². The summed E-state index contributed by atoms with van der Waals surface area (Å²) in [5, 5.41) is 8.05. The summed E-state index contributed by atoms with van der Waals surface area (Å²) in [6.45, 7) is 3.21. The summed E-state index contributed by atoms with van der Waals surface area (Å²) in [6.07, 6.45) is 0. The predicted molar refractivity (Wildman–Crippen MR) is 120 cm³/mol. The van der Waals surface area contributed by atoms with E-state index in [2.05, 4.69) is 94.8 Å². The molecule has 7 aromatic rings. The van der Waals surface area contributed by atoms with E-state index in [1.165, 1.54) is 59.9 Å². The summed E-state index contributed by atoms with van der Waals surface area (Å²) in [6, 6.07) is 29.1. The summed E-state index contributed by atoms with van der Waals surface area (Å²) in [4.78, 5) is 0. The van der Waals surface area contributed by atoms with Gasteiger partial charge in [-0.25, -0.2) is 0 Å². The lowest BCUT2D eigenvalue weighted by atomic mass is 10.1. The lowest BCUT2D eigenvalue weighted by molar-refractivity contribution is 0.827. The maximum absolute atomic E-state index is 2.47. The molecule has 28 heavy (non-hydrogen) atoms. The van der Waals surface area contributed by atoms with E-state index in [4.69, 9.17) is 0 Å². The molecule has 0 N–H and O–H groups in total. The summed E-state index contributed by atoms with van der Waals surface area (Å²) in [7, 11) is 0. The second kappa shape index (κ2) is 4.85. The van der Waals surface area contributed by atoms with Crippen LogP contribution in [0.25, 0.3) is 59.9 Å². The Labute approximate surface area is 161 Å². The monoisotopic (exact) mass is 358 g/mol. The Kier molecular flexibility index (Phi) is 2.51. The molecule has 2 nitrogen and oxygen atoms in total. The Bertz CT molecular complexity index is 1690. The zero-order valence-electron chi connectivity index (χ0n) is 15.6. The SMILES string of the molecule is CCn1c2ccccc2c2cc3c(cc21)c1cccc2c4ccccc4n3c21. The summed E-state index contributed by atoms with van der Waals surface area (Å²) < 4.78 is 4.91. The van der Waals surface area contributed by atoms with E-state index >= 15 is 0 Å². The molecule has 0 aliphatic carbocycles. The first-order valence-electron chi connectivity index (χ1n) is 9.94. The van der Waals surface area contributed by atoms with Crippen molar-refractivity contribution in [3.63, 3.8) is 0 Å². The number of benzene rings is 4. The van der Waals surface area contributed by atoms with Crippen molar-refractivity contribution in [2.24, 2.45) is 0 Å². The van der Waals surface area contributed by atoms with Crippen LogP contribution in [0.3, 0.4) is 0 Å². The fourth-order valence-electron chi connectivity index (χ4n) is 5.31. The first kappa shape index (κ1) is 14.5. The molecule has 0 saturated heterocycles. The lowest BCUT2D eigenvalue weighted by Gasteiger charge is -2.03. The molecular weight excluding hydrogens is 340 g/mol. The molecule has 0 aliphatic rings. The molecule has 0 aliphatic heterocycles. The smallest absolute Gasteiger partial charge is 0.0620 e. The molecule has 0 unspecified atom stereocenters. The van der Waals surface area contributed by atoms with E-state index in [0.717, 1.165) is 6.54 Å². The minimum absolute atomic E-state index is 0.974. The molecule has 4 aromatic carbocycles. The highest BCUT2D eigenvalue weighted by atomic mass is 15.0. The van der Waals surface area contributed by atoms with Crippen molar-refractivity contribution >= 4 is 59.9 Å². The van der Waals surface area contributed by atoms with Crippen LogP contribution in [0.2, 0.25) is 0 Å². The third-order valence-corrected chi connectivity index (χ3v) is 6.43. The molecule has 0 fully saturated rings. The molecule has 3 heterocycles. The van der Waals surface area contributed by atoms with Crippen molar-refractivity contribution in [2.45, 2.75) is 13.5 Å². The first-order valence-corrected chi connectivity index (χ1v) is 9.94. The van der Waals surface area contributed by atoms with Crippen LogP contribution in [0.1, 0.15) is 6.92 Å². The standard InChI is InChI=1S/C26H18N2/c1-2-27-22-12-5-3-9-17(22)20-15-25-21(14-24(20)27)19-11-7-10-18-16-8-4-6-13-23(16)28(25)26(18)19/h3-15H,2H2,1H3. The van der Waals surface area contributed by atoms with E-state index in [-0.39, 0.29) is 0 Å². The Morgan fingerprint density at radius 3 is 1.89 bits per heavy atom. The number of aryl methyl sites for hydroxylation is 1. The van der Waals surface area contributed by atoms with Crippen LogP contribution < -0.4 is 0 Å². The second-order valence-electron chi connectivity index (χ2n) is 7.70. The van der Waals surface area contributed by atoms with Gasteiger partial charge in [0.1, 0.15) is 0 Å². The number of fused-ring (bicyclic) bond motifs is 9. The van der Waals surface area contributed by atoms with Crippen LogP contribution in [0, 0.1) is 0 Å². The molecule has 2 heteroatoms. The molecule has 0 amide bonds. The normalized spacial score (nSPS) is 12.6. The zero-order valence-corrected chi connectivity index (χ0v) is 15.6. The zero-order chi connectivity index (χ0) is 18.4. The van der Waals surface area contributed by atoms with Gasteiger partial charge in [0.05, 0.1) is 16.6 Å². The Morgan fingerprint density at radius 2 is 1.11 bits per heavy atom. The Morgan fingerprint density at radius 1 is 0.536 bits per heavy atom. The van der Waals surface area contributed by atoms with Crippen LogP contribution in [0.4, 0.5) is 0 Å². The van der Waals surface area contributed by atoms with E-state index in [0.29, 0.717) is 0 Å². The van der Waals surface area contributed by atoms with E-state index < -0.39 is 0 Å². The van der Waals surface area contributed by atoms with Crippen LogP contribution in [-0.2, 0) is 6.54 Å². The van der Waals surface area contributed by atoms with Gasteiger partial charge in [-0.15, -0.1) is 0 Å². The van der Waals surface area contributed by atoms with Crippen LogP contribution in [0.5, 0.6) is 0 Å². The average Bonchev–Trinajstić information content (AvgIpc) is 3.36. The number of hydrogen-bond acceptors (Lipinski definition) is 0. The molecular formula is C26H18N2. The van der Waals surface area contributed by atoms with Gasteiger partial charge in [0.2, 0.25) is 0 Å². The van der Waals surface area contributed by atoms with Gasteiger partial charge in [0.25, 0.3) is 0 Å². The van der Waals surface area contributed by atoms with Crippen molar-refractivity contribution < 1.29 is 0 Å². The third kappa shape index (κ3) is 1.52. The number of nitrogens with zero attached hydrogens (tertiary/aromatic N) is 2. The fourth-order valence-corrected chi connectivity index (χ4v) is 5.31. The molecule has 132 valence electrons. The number of hydrogen-bond donors (Lipinski definition) is 0. The molecule has 0 spiro atoms. The highest BCUT2D eigenvalue weighted by molar-refractivity contribution is 6.25. The quantitative estimate of drug-likeness (QED) is 0.300. The van der Waals surface area contributed by atoms with Gasteiger partial charge < -0.3 is 8.97 Å². The van der Waals surface area contributed by atoms with E-state index in [1.54, 1.807) is 0 Å². The number of aromatic nitrogens is 2.